The predicted octanol–water partition coefficient (Wildman–Crippen LogP) is 3.29. The van der Waals surface area contributed by atoms with Crippen LogP contribution in [0.5, 0.6) is 5.75 Å². The fourth-order valence-corrected chi connectivity index (χ4v) is 4.65. The molecule has 1 amide bonds. The van der Waals surface area contributed by atoms with Crippen LogP contribution in [-0.4, -0.2) is 55.3 Å². The summed E-state index contributed by atoms with van der Waals surface area (Å²) in [5.41, 5.74) is 3.40. The van der Waals surface area contributed by atoms with Gasteiger partial charge in [0.15, 0.2) is 0 Å². The molecule has 0 bridgehead atoms. The summed E-state index contributed by atoms with van der Waals surface area (Å²) in [4.78, 5) is 16.0. The standard InChI is InChI=1S/C25H32N2O3/c1-26-23-8-5-9-24(22(23)10-11-25(26)29)30-18-21(28)17-27-14-12-20(13-15-27)16-19-6-3-2-4-7-19/h2-9,20-21,28H,10-18H2,1H3. The fraction of sp³-hybridized carbons (Fsp3) is 0.480. The van der Waals surface area contributed by atoms with Gasteiger partial charge in [0.25, 0.3) is 0 Å². The van der Waals surface area contributed by atoms with Gasteiger partial charge in [-0.2, -0.15) is 0 Å². The number of benzene rings is 2. The maximum absolute atomic E-state index is 11.9. The lowest BCUT2D eigenvalue weighted by atomic mass is 9.90. The molecule has 0 radical (unpaired) electrons. The SMILES string of the molecule is CN1C(=O)CCc2c(OCC(O)CN3CCC(Cc4ccccc4)CC3)cccc21. The molecule has 2 heterocycles. The summed E-state index contributed by atoms with van der Waals surface area (Å²) in [6.07, 6.45) is 4.18. The number of hydrogen-bond donors (Lipinski definition) is 1. The highest BCUT2D eigenvalue weighted by Crippen LogP contribution is 2.34. The first-order valence-corrected chi connectivity index (χ1v) is 11.1. The van der Waals surface area contributed by atoms with Crippen molar-refractivity contribution in [2.24, 2.45) is 5.92 Å². The summed E-state index contributed by atoms with van der Waals surface area (Å²) >= 11 is 0. The van der Waals surface area contributed by atoms with Crippen LogP contribution in [0.15, 0.2) is 48.5 Å². The molecule has 2 aliphatic heterocycles. The van der Waals surface area contributed by atoms with Crippen molar-refractivity contribution in [2.75, 3.05) is 38.2 Å². The van der Waals surface area contributed by atoms with E-state index in [0.29, 0.717) is 19.4 Å². The highest BCUT2D eigenvalue weighted by molar-refractivity contribution is 5.96. The summed E-state index contributed by atoms with van der Waals surface area (Å²) in [7, 11) is 1.81. The number of fused-ring (bicyclic) bond motifs is 1. The van der Waals surface area contributed by atoms with Gasteiger partial charge >= 0.3 is 0 Å². The normalized spacial score (nSPS) is 18.9. The first-order chi connectivity index (χ1) is 14.6. The van der Waals surface area contributed by atoms with Gasteiger partial charge < -0.3 is 19.6 Å². The molecular formula is C25H32N2O3. The van der Waals surface area contributed by atoms with Crippen molar-refractivity contribution in [1.82, 2.24) is 4.90 Å². The topological polar surface area (TPSA) is 53.0 Å². The number of aliphatic hydroxyl groups excluding tert-OH is 1. The maximum Gasteiger partial charge on any atom is 0.227 e. The van der Waals surface area contributed by atoms with Gasteiger partial charge in [-0.1, -0.05) is 36.4 Å². The van der Waals surface area contributed by atoms with Crippen LogP contribution < -0.4 is 9.64 Å². The highest BCUT2D eigenvalue weighted by atomic mass is 16.5. The number of ether oxygens (including phenoxy) is 1. The number of amides is 1. The van der Waals surface area contributed by atoms with E-state index in [1.165, 1.54) is 18.4 Å². The molecule has 5 heteroatoms. The first-order valence-electron chi connectivity index (χ1n) is 11.1. The van der Waals surface area contributed by atoms with Crippen molar-refractivity contribution in [3.05, 3.63) is 59.7 Å². The number of hydrogen-bond acceptors (Lipinski definition) is 4. The molecule has 2 aromatic rings. The third-order valence-electron chi connectivity index (χ3n) is 6.41. The molecule has 0 saturated carbocycles. The van der Waals surface area contributed by atoms with E-state index < -0.39 is 6.10 Å². The number of piperidine rings is 1. The molecule has 0 aliphatic carbocycles. The van der Waals surface area contributed by atoms with Crippen LogP contribution >= 0.6 is 0 Å². The molecule has 4 rings (SSSR count). The third kappa shape index (κ3) is 5.02. The molecule has 30 heavy (non-hydrogen) atoms. The summed E-state index contributed by atoms with van der Waals surface area (Å²) < 4.78 is 5.98. The second-order valence-corrected chi connectivity index (χ2v) is 8.61. The van der Waals surface area contributed by atoms with Crippen molar-refractivity contribution in [1.29, 1.82) is 0 Å². The molecular weight excluding hydrogens is 376 g/mol. The highest BCUT2D eigenvalue weighted by Gasteiger charge is 2.25. The summed E-state index contributed by atoms with van der Waals surface area (Å²) in [5, 5.41) is 10.5. The number of rotatable bonds is 7. The smallest absolute Gasteiger partial charge is 0.227 e. The summed E-state index contributed by atoms with van der Waals surface area (Å²) in [5.74, 6) is 1.65. The van der Waals surface area contributed by atoms with Gasteiger partial charge in [-0.05, 0) is 62.4 Å². The van der Waals surface area contributed by atoms with Crippen molar-refractivity contribution >= 4 is 11.6 Å². The Kier molecular flexibility index (Phi) is 6.70. The average molecular weight is 409 g/mol. The Labute approximate surface area is 179 Å². The molecule has 1 unspecified atom stereocenters. The van der Waals surface area contributed by atoms with Crippen LogP contribution in [0.4, 0.5) is 5.69 Å². The molecule has 160 valence electrons. The quantitative estimate of drug-likeness (QED) is 0.764. The summed E-state index contributed by atoms with van der Waals surface area (Å²) in [6.45, 7) is 2.98. The number of anilines is 1. The second-order valence-electron chi connectivity index (χ2n) is 8.61. The van der Waals surface area contributed by atoms with Crippen LogP contribution in [-0.2, 0) is 17.6 Å². The molecule has 2 aromatic carbocycles. The van der Waals surface area contributed by atoms with Crippen molar-refractivity contribution in [3.8, 4) is 5.75 Å². The predicted molar refractivity (Wildman–Crippen MR) is 119 cm³/mol. The van der Waals surface area contributed by atoms with Crippen LogP contribution in [0.2, 0.25) is 0 Å². The monoisotopic (exact) mass is 408 g/mol. The van der Waals surface area contributed by atoms with E-state index >= 15 is 0 Å². The Balaban J connectivity index is 1.23. The molecule has 1 saturated heterocycles. The van der Waals surface area contributed by atoms with E-state index in [2.05, 4.69) is 35.2 Å². The lowest BCUT2D eigenvalue weighted by Crippen LogP contribution is -2.41. The van der Waals surface area contributed by atoms with Crippen LogP contribution in [0.1, 0.15) is 30.4 Å². The molecule has 1 fully saturated rings. The Bertz CT molecular complexity index is 847. The van der Waals surface area contributed by atoms with E-state index in [9.17, 15) is 9.90 Å². The Hall–Kier alpha value is -2.37. The minimum absolute atomic E-state index is 0.135. The Morgan fingerprint density at radius 1 is 1.07 bits per heavy atom. The Morgan fingerprint density at radius 2 is 1.83 bits per heavy atom. The van der Waals surface area contributed by atoms with Gasteiger partial charge in [-0.25, -0.2) is 0 Å². The van der Waals surface area contributed by atoms with Crippen LogP contribution in [0.25, 0.3) is 0 Å². The van der Waals surface area contributed by atoms with Gasteiger partial charge in [0.05, 0.1) is 5.69 Å². The van der Waals surface area contributed by atoms with Gasteiger partial charge in [0.2, 0.25) is 5.91 Å². The fourth-order valence-electron chi connectivity index (χ4n) is 4.65. The number of likely N-dealkylation sites (tertiary alicyclic amines) is 1. The zero-order valence-corrected chi connectivity index (χ0v) is 17.8. The van der Waals surface area contributed by atoms with Crippen molar-refractivity contribution in [2.45, 2.75) is 38.2 Å². The van der Waals surface area contributed by atoms with E-state index in [0.717, 1.165) is 42.4 Å². The van der Waals surface area contributed by atoms with Gasteiger partial charge in [0, 0.05) is 25.6 Å². The largest absolute Gasteiger partial charge is 0.490 e. The molecule has 1 atom stereocenters. The molecule has 2 aliphatic rings. The van der Waals surface area contributed by atoms with Gasteiger partial charge in [-0.3, -0.25) is 4.79 Å². The zero-order valence-electron chi connectivity index (χ0n) is 17.8. The Morgan fingerprint density at radius 3 is 2.60 bits per heavy atom. The minimum atomic E-state index is -0.519. The van der Waals surface area contributed by atoms with Crippen molar-refractivity contribution in [3.63, 3.8) is 0 Å². The van der Waals surface area contributed by atoms with E-state index in [4.69, 9.17) is 4.74 Å². The molecule has 1 N–H and O–H groups in total. The van der Waals surface area contributed by atoms with Crippen molar-refractivity contribution < 1.29 is 14.6 Å². The van der Waals surface area contributed by atoms with E-state index in [1.54, 1.807) is 11.9 Å². The lowest BCUT2D eigenvalue weighted by Gasteiger charge is -2.33. The van der Waals surface area contributed by atoms with Gasteiger partial charge in [0.1, 0.15) is 18.5 Å². The molecule has 5 nitrogen and oxygen atoms in total. The van der Waals surface area contributed by atoms with E-state index in [1.807, 2.05) is 18.2 Å². The minimum Gasteiger partial charge on any atom is -0.490 e. The zero-order chi connectivity index (χ0) is 20.9. The number of carbonyl (C=O) groups excluding carboxylic acids is 1. The first kappa shape index (κ1) is 20.9. The van der Waals surface area contributed by atoms with E-state index in [-0.39, 0.29) is 12.5 Å². The number of β-amino-alcohol motifs (C(OH)–C–C–N with tert-alkyl or cyclic N) is 1. The lowest BCUT2D eigenvalue weighted by molar-refractivity contribution is -0.118. The number of aliphatic hydroxyl groups is 1. The second kappa shape index (κ2) is 9.63. The number of carbonyl (C=O) groups is 1. The van der Waals surface area contributed by atoms with Gasteiger partial charge in [-0.15, -0.1) is 0 Å². The average Bonchev–Trinajstić information content (AvgIpc) is 2.77. The molecule has 0 spiro atoms. The number of nitrogens with zero attached hydrogens (tertiary/aromatic N) is 2. The van der Waals surface area contributed by atoms with Crippen LogP contribution in [0, 0.1) is 5.92 Å². The van der Waals surface area contributed by atoms with Crippen LogP contribution in [0.3, 0.4) is 0 Å². The molecule has 0 aromatic heterocycles. The summed E-state index contributed by atoms with van der Waals surface area (Å²) in [6, 6.07) is 16.5. The maximum atomic E-state index is 11.9. The third-order valence-corrected chi connectivity index (χ3v) is 6.41.